The molecule has 1 saturated heterocycles. The van der Waals surface area contributed by atoms with Crippen molar-refractivity contribution in [3.05, 3.63) is 30.1 Å². The Kier molecular flexibility index (Phi) is 4.17. The number of anilines is 1. The van der Waals surface area contributed by atoms with Gasteiger partial charge in [-0.2, -0.15) is 0 Å². The van der Waals surface area contributed by atoms with E-state index < -0.39 is 0 Å². The van der Waals surface area contributed by atoms with Gasteiger partial charge in [-0.1, -0.05) is 12.1 Å². The number of para-hydroxylation sites is 1. The van der Waals surface area contributed by atoms with Crippen LogP contribution in [0, 0.1) is 5.82 Å². The van der Waals surface area contributed by atoms with Gasteiger partial charge in [-0.15, -0.1) is 0 Å². The zero-order chi connectivity index (χ0) is 14.0. The lowest BCUT2D eigenvalue weighted by Crippen LogP contribution is -2.62. The fraction of sp³-hybridized carbons (Fsp3) is 0.500. The summed E-state index contributed by atoms with van der Waals surface area (Å²) < 4.78 is 13.9. The van der Waals surface area contributed by atoms with E-state index in [9.17, 15) is 9.18 Å². The number of likely N-dealkylation sites (N-methyl/N-ethyl adjacent to an activating group) is 2. The number of hydrogen-bond acceptors (Lipinski definition) is 3. The van der Waals surface area contributed by atoms with Gasteiger partial charge in [-0.05, 0) is 33.2 Å². The molecule has 0 saturated carbocycles. The molecule has 0 aliphatic carbocycles. The van der Waals surface area contributed by atoms with Gasteiger partial charge in [0, 0.05) is 19.1 Å². The van der Waals surface area contributed by atoms with E-state index in [4.69, 9.17) is 0 Å². The molecule has 0 aromatic heterocycles. The van der Waals surface area contributed by atoms with Crippen molar-refractivity contribution in [3.8, 4) is 0 Å². The second-order valence-electron chi connectivity index (χ2n) is 4.99. The van der Waals surface area contributed by atoms with E-state index in [0.29, 0.717) is 18.8 Å². The first kappa shape index (κ1) is 14.0. The minimum absolute atomic E-state index is 0.0555. The molecule has 1 aliphatic heterocycles. The van der Waals surface area contributed by atoms with Gasteiger partial charge in [-0.3, -0.25) is 9.69 Å². The average molecular weight is 265 g/mol. The van der Waals surface area contributed by atoms with Crippen LogP contribution in [0.25, 0.3) is 0 Å². The predicted octanol–water partition coefficient (Wildman–Crippen LogP) is 1.08. The molecule has 0 spiro atoms. The predicted molar refractivity (Wildman–Crippen MR) is 73.7 cm³/mol. The molecule has 1 fully saturated rings. The van der Waals surface area contributed by atoms with Crippen LogP contribution >= 0.6 is 0 Å². The minimum Gasteiger partial charge on any atom is -0.318 e. The molecule has 1 N–H and O–H groups in total. The highest BCUT2D eigenvalue weighted by Crippen LogP contribution is 2.24. The van der Waals surface area contributed by atoms with Crippen molar-refractivity contribution < 1.29 is 9.18 Å². The second-order valence-corrected chi connectivity index (χ2v) is 4.99. The maximum absolute atomic E-state index is 13.9. The Morgan fingerprint density at radius 3 is 2.74 bits per heavy atom. The van der Waals surface area contributed by atoms with E-state index in [0.717, 1.165) is 0 Å². The van der Waals surface area contributed by atoms with E-state index in [1.54, 1.807) is 23.1 Å². The maximum atomic E-state index is 13.9. The number of carbonyl (C=O) groups is 1. The fourth-order valence-corrected chi connectivity index (χ4v) is 2.46. The molecule has 1 aliphatic rings. The highest BCUT2D eigenvalue weighted by atomic mass is 19.1. The number of nitrogens with one attached hydrogen (secondary N) is 1. The van der Waals surface area contributed by atoms with Crippen molar-refractivity contribution in [3.63, 3.8) is 0 Å². The lowest BCUT2D eigenvalue weighted by Gasteiger charge is -2.43. The van der Waals surface area contributed by atoms with E-state index in [2.05, 4.69) is 5.32 Å². The molecular weight excluding hydrogens is 245 g/mol. The van der Waals surface area contributed by atoms with Gasteiger partial charge in [0.2, 0.25) is 5.91 Å². The van der Waals surface area contributed by atoms with Crippen LogP contribution in [0.4, 0.5) is 10.1 Å². The van der Waals surface area contributed by atoms with Gasteiger partial charge in [0.1, 0.15) is 11.9 Å². The molecule has 0 radical (unpaired) electrons. The second kappa shape index (κ2) is 5.67. The summed E-state index contributed by atoms with van der Waals surface area (Å²) in [5.41, 5.74) is 0.369. The summed E-state index contributed by atoms with van der Waals surface area (Å²) in [6.45, 7) is 3.12. The lowest BCUT2D eigenvalue weighted by atomic mass is 10.1. The molecule has 2 unspecified atom stereocenters. The summed E-state index contributed by atoms with van der Waals surface area (Å²) in [7, 11) is 3.75. The largest absolute Gasteiger partial charge is 0.318 e. The molecule has 2 rings (SSSR count). The third-order valence-corrected chi connectivity index (χ3v) is 3.73. The smallest absolute Gasteiger partial charge is 0.245 e. The Bertz CT molecular complexity index is 466. The first-order chi connectivity index (χ1) is 9.06. The summed E-state index contributed by atoms with van der Waals surface area (Å²) in [5, 5.41) is 3.02. The maximum Gasteiger partial charge on any atom is 0.245 e. The van der Waals surface area contributed by atoms with Gasteiger partial charge in [0.25, 0.3) is 0 Å². The van der Waals surface area contributed by atoms with Crippen molar-refractivity contribution in [2.24, 2.45) is 0 Å². The standard InChI is InChI=1S/C14H20FN3O/c1-10-9-18(12-7-5-4-6-11(12)15)14(19)13(8-16-2)17(10)3/h4-7,10,13,16H,8-9H2,1-3H3. The molecule has 2 atom stereocenters. The quantitative estimate of drug-likeness (QED) is 0.888. The van der Waals surface area contributed by atoms with Crippen LogP contribution in [0.3, 0.4) is 0 Å². The Hall–Kier alpha value is -1.46. The number of hydrogen-bond donors (Lipinski definition) is 1. The summed E-state index contributed by atoms with van der Waals surface area (Å²) in [4.78, 5) is 16.1. The van der Waals surface area contributed by atoms with Crippen LogP contribution in [0.15, 0.2) is 24.3 Å². The van der Waals surface area contributed by atoms with Crippen molar-refractivity contribution in [2.45, 2.75) is 19.0 Å². The van der Waals surface area contributed by atoms with Crippen LogP contribution in [0.2, 0.25) is 0 Å². The molecule has 104 valence electrons. The third kappa shape index (κ3) is 2.62. The Balaban J connectivity index is 2.31. The van der Waals surface area contributed by atoms with Gasteiger partial charge < -0.3 is 10.2 Å². The van der Waals surface area contributed by atoms with E-state index >= 15 is 0 Å². The molecule has 1 heterocycles. The van der Waals surface area contributed by atoms with Crippen LogP contribution < -0.4 is 10.2 Å². The van der Waals surface area contributed by atoms with Crippen molar-refractivity contribution in [2.75, 3.05) is 32.1 Å². The van der Waals surface area contributed by atoms with Crippen LogP contribution in [-0.4, -0.2) is 50.1 Å². The van der Waals surface area contributed by atoms with Gasteiger partial charge in [0.05, 0.1) is 5.69 Å². The zero-order valence-electron chi connectivity index (χ0n) is 11.6. The molecule has 19 heavy (non-hydrogen) atoms. The van der Waals surface area contributed by atoms with E-state index in [1.807, 2.05) is 25.9 Å². The molecule has 1 aromatic rings. The van der Waals surface area contributed by atoms with Crippen molar-refractivity contribution in [1.29, 1.82) is 0 Å². The minimum atomic E-state index is -0.351. The summed E-state index contributed by atoms with van der Waals surface area (Å²) in [5.74, 6) is -0.407. The number of carbonyl (C=O) groups excluding carboxylic acids is 1. The van der Waals surface area contributed by atoms with E-state index in [-0.39, 0.29) is 23.8 Å². The first-order valence-electron chi connectivity index (χ1n) is 6.48. The van der Waals surface area contributed by atoms with Crippen LogP contribution in [-0.2, 0) is 4.79 Å². The molecule has 5 heteroatoms. The Morgan fingerprint density at radius 2 is 2.11 bits per heavy atom. The average Bonchev–Trinajstić information content (AvgIpc) is 2.40. The van der Waals surface area contributed by atoms with E-state index in [1.165, 1.54) is 6.07 Å². The highest BCUT2D eigenvalue weighted by molar-refractivity contribution is 5.98. The zero-order valence-corrected chi connectivity index (χ0v) is 11.6. The van der Waals surface area contributed by atoms with Gasteiger partial charge in [-0.25, -0.2) is 4.39 Å². The first-order valence-corrected chi connectivity index (χ1v) is 6.48. The summed E-state index contributed by atoms with van der Waals surface area (Å²) in [6.07, 6.45) is 0. The summed E-state index contributed by atoms with van der Waals surface area (Å²) >= 11 is 0. The van der Waals surface area contributed by atoms with Crippen LogP contribution in [0.5, 0.6) is 0 Å². The van der Waals surface area contributed by atoms with Gasteiger partial charge >= 0.3 is 0 Å². The highest BCUT2D eigenvalue weighted by Gasteiger charge is 2.37. The fourth-order valence-electron chi connectivity index (χ4n) is 2.46. The lowest BCUT2D eigenvalue weighted by molar-refractivity contribution is -0.126. The number of halogens is 1. The Morgan fingerprint density at radius 1 is 1.42 bits per heavy atom. The molecule has 0 bridgehead atoms. The third-order valence-electron chi connectivity index (χ3n) is 3.73. The Labute approximate surface area is 113 Å². The van der Waals surface area contributed by atoms with Gasteiger partial charge in [0.15, 0.2) is 0 Å². The number of piperazine rings is 1. The number of benzene rings is 1. The molecule has 1 aromatic carbocycles. The number of nitrogens with zero attached hydrogens (tertiary/aromatic N) is 2. The topological polar surface area (TPSA) is 35.6 Å². The van der Waals surface area contributed by atoms with Crippen molar-refractivity contribution in [1.82, 2.24) is 10.2 Å². The normalized spacial score (nSPS) is 24.8. The van der Waals surface area contributed by atoms with Crippen molar-refractivity contribution >= 4 is 11.6 Å². The molecule has 4 nitrogen and oxygen atoms in total. The number of amides is 1. The summed E-state index contributed by atoms with van der Waals surface area (Å²) in [6, 6.07) is 6.36. The number of rotatable bonds is 3. The van der Waals surface area contributed by atoms with Crippen LogP contribution in [0.1, 0.15) is 6.92 Å². The molecular formula is C14H20FN3O. The SMILES string of the molecule is CNCC1C(=O)N(c2ccccc2F)CC(C)N1C. The monoisotopic (exact) mass is 265 g/mol. The molecule has 1 amide bonds.